The number of carboxylic acid groups (broad SMARTS) is 1. The number of fused-ring (bicyclic) bond motifs is 2. The number of rotatable bonds is 5. The molecule has 4 rings (SSSR count). The maximum Gasteiger partial charge on any atom is 2.00 e. The molecule has 1 radical (unpaired) electrons. The normalized spacial score (nSPS) is 12.2. The number of benzene rings is 4. The van der Waals surface area contributed by atoms with Gasteiger partial charge in [-0.3, -0.25) is 9.11 Å². The molecule has 14 heteroatoms. The Morgan fingerprint density at radius 2 is 1.37 bits per heavy atom. The molecule has 179 valence electrons. The van der Waals surface area contributed by atoms with Crippen LogP contribution in [0.3, 0.4) is 0 Å². The van der Waals surface area contributed by atoms with E-state index in [0.29, 0.717) is 11.5 Å². The Morgan fingerprint density at radius 3 is 1.94 bits per heavy atom. The van der Waals surface area contributed by atoms with Gasteiger partial charge in [0.2, 0.25) is 0 Å². The van der Waals surface area contributed by atoms with Gasteiger partial charge in [-0.25, -0.2) is 0 Å². The zero-order valence-corrected chi connectivity index (χ0v) is 19.9. The van der Waals surface area contributed by atoms with Crippen LogP contribution in [0.25, 0.3) is 21.5 Å². The first-order valence-corrected chi connectivity index (χ1v) is 12.1. The number of aromatic carboxylic acids is 1. The average Bonchev–Trinajstić information content (AvgIpc) is 2.75. The van der Waals surface area contributed by atoms with E-state index in [2.05, 4.69) is 10.2 Å². The Morgan fingerprint density at radius 1 is 0.800 bits per heavy atom. The van der Waals surface area contributed by atoms with Gasteiger partial charge < -0.3 is 15.0 Å². The number of azo groups is 1. The van der Waals surface area contributed by atoms with E-state index < -0.39 is 58.7 Å². The van der Waals surface area contributed by atoms with Gasteiger partial charge in [0.25, 0.3) is 20.2 Å². The molecule has 11 nitrogen and oxygen atoms in total. The molecule has 0 aliphatic rings. The summed E-state index contributed by atoms with van der Waals surface area (Å²) in [5.41, 5.74) is -1.92. The first-order chi connectivity index (χ1) is 15.9. The van der Waals surface area contributed by atoms with Crippen molar-refractivity contribution in [3.63, 3.8) is 0 Å². The van der Waals surface area contributed by atoms with Crippen molar-refractivity contribution in [3.05, 3.63) is 66.2 Å². The van der Waals surface area contributed by atoms with Gasteiger partial charge in [0.15, 0.2) is 0 Å². The number of hydrogen-bond acceptors (Lipinski definition) is 9. The van der Waals surface area contributed by atoms with E-state index in [9.17, 15) is 40.9 Å². The molecule has 0 aliphatic heterocycles. The van der Waals surface area contributed by atoms with Crippen molar-refractivity contribution in [2.45, 2.75) is 9.79 Å². The Hall–Kier alpha value is -3.39. The molecule has 4 aromatic carbocycles. The first-order valence-electron chi connectivity index (χ1n) is 9.26. The summed E-state index contributed by atoms with van der Waals surface area (Å²) in [5, 5.41) is 31.4. The molecule has 0 fully saturated rings. The van der Waals surface area contributed by atoms with Crippen LogP contribution in [0, 0.1) is 0 Å². The predicted octanol–water partition coefficient (Wildman–Crippen LogP) is 2.34. The van der Waals surface area contributed by atoms with Crippen molar-refractivity contribution in [3.8, 4) is 5.75 Å². The van der Waals surface area contributed by atoms with Crippen LogP contribution in [0.4, 0.5) is 11.4 Å². The van der Waals surface area contributed by atoms with Gasteiger partial charge in [-0.15, -0.1) is 5.11 Å². The van der Waals surface area contributed by atoms with Gasteiger partial charge in [-0.2, -0.15) is 21.9 Å². The van der Waals surface area contributed by atoms with Gasteiger partial charge in [0, 0.05) is 16.2 Å². The molecule has 0 heterocycles. The van der Waals surface area contributed by atoms with Crippen molar-refractivity contribution in [2.24, 2.45) is 10.2 Å². The molecular formula is C21H12MnN2O9S2. The third-order valence-electron chi connectivity index (χ3n) is 4.93. The molecule has 2 N–H and O–H groups in total. The van der Waals surface area contributed by atoms with E-state index >= 15 is 0 Å². The summed E-state index contributed by atoms with van der Waals surface area (Å²) in [6, 6.07) is 12.9. The monoisotopic (exact) mass is 555 g/mol. The van der Waals surface area contributed by atoms with E-state index in [-0.39, 0.29) is 33.2 Å². The second kappa shape index (κ2) is 9.34. The first kappa shape index (κ1) is 26.2. The largest absolute Gasteiger partial charge is 2.00 e. The van der Waals surface area contributed by atoms with E-state index in [1.54, 1.807) is 6.07 Å². The van der Waals surface area contributed by atoms with Crippen LogP contribution in [0.2, 0.25) is 0 Å². The molecule has 0 spiro atoms. The quantitative estimate of drug-likeness (QED) is 0.211. The molecule has 0 saturated heterocycles. The fraction of sp³-hybridized carbons (Fsp3) is 0. The predicted molar refractivity (Wildman–Crippen MR) is 115 cm³/mol. The molecule has 0 amide bonds. The van der Waals surface area contributed by atoms with Crippen LogP contribution < -0.4 is 10.2 Å². The Bertz CT molecular complexity index is 1750. The fourth-order valence-electron chi connectivity index (χ4n) is 3.52. The van der Waals surface area contributed by atoms with Crippen molar-refractivity contribution in [1.29, 1.82) is 0 Å². The molecule has 4 aromatic rings. The summed E-state index contributed by atoms with van der Waals surface area (Å²) in [6.07, 6.45) is 0. The third-order valence-corrected chi connectivity index (χ3v) is 6.77. The van der Waals surface area contributed by atoms with Crippen molar-refractivity contribution in [1.82, 2.24) is 0 Å². The zero-order chi connectivity index (χ0) is 24.8. The number of carboxylic acids is 1. The van der Waals surface area contributed by atoms with Crippen LogP contribution >= 0.6 is 0 Å². The summed E-state index contributed by atoms with van der Waals surface area (Å²) >= 11 is 0. The maximum absolute atomic E-state index is 12.7. The van der Waals surface area contributed by atoms with Gasteiger partial charge in [0.05, 0.1) is 11.7 Å². The van der Waals surface area contributed by atoms with E-state index in [4.69, 9.17) is 0 Å². The Kier molecular flexibility index (Phi) is 6.99. The maximum atomic E-state index is 12.7. The molecule has 0 bridgehead atoms. The summed E-state index contributed by atoms with van der Waals surface area (Å²) < 4.78 is 67.6. The number of carbonyl (C=O) groups is 1. The number of hydrogen-bond donors (Lipinski definition) is 2. The van der Waals surface area contributed by atoms with Gasteiger partial charge >= 0.3 is 17.1 Å². The smallest absolute Gasteiger partial charge is 0.871 e. The average molecular weight is 555 g/mol. The summed E-state index contributed by atoms with van der Waals surface area (Å²) in [7, 11) is -9.90. The minimum Gasteiger partial charge on any atom is -0.871 e. The summed E-state index contributed by atoms with van der Waals surface area (Å²) in [5.74, 6) is -2.85. The Labute approximate surface area is 208 Å². The topological polar surface area (TPSA) is 197 Å². The van der Waals surface area contributed by atoms with E-state index in [0.717, 1.165) is 6.07 Å². The van der Waals surface area contributed by atoms with Crippen LogP contribution in [-0.4, -0.2) is 31.9 Å². The standard InChI is InChI=1S/C21H14N2O9S2.Mn/c24-19-15(21(25)26)9-11-5-1-2-6-12(11)18(19)23-22-16-10-17(33(27,28)29)13-7-3-4-8-14(13)20(16)34(30,31)32;/h1-10,24H,(H,25,26)(H,27,28,29)(H,30,31,32);/q;+2/p-2. The molecular weight excluding hydrogens is 543 g/mol. The summed E-state index contributed by atoms with van der Waals surface area (Å²) in [6.45, 7) is 0. The summed E-state index contributed by atoms with van der Waals surface area (Å²) in [4.78, 5) is 9.84. The van der Waals surface area contributed by atoms with Gasteiger partial charge in [-0.1, -0.05) is 54.3 Å². The zero-order valence-electron chi connectivity index (χ0n) is 17.1. The fourth-order valence-corrected chi connectivity index (χ4v) is 5.06. The minimum absolute atomic E-state index is 0. The van der Waals surface area contributed by atoms with E-state index in [1.165, 1.54) is 42.5 Å². The van der Waals surface area contributed by atoms with Crippen molar-refractivity contribution < 1.29 is 58.0 Å². The van der Waals surface area contributed by atoms with Crippen LogP contribution in [0.15, 0.2) is 80.7 Å². The van der Waals surface area contributed by atoms with E-state index in [1.807, 2.05) is 0 Å². The van der Waals surface area contributed by atoms with Crippen molar-refractivity contribution in [2.75, 3.05) is 0 Å². The second-order valence-corrected chi connectivity index (χ2v) is 9.78. The van der Waals surface area contributed by atoms with Crippen LogP contribution in [0.1, 0.15) is 10.4 Å². The van der Waals surface area contributed by atoms with Crippen LogP contribution in [0.5, 0.6) is 5.75 Å². The third kappa shape index (κ3) is 4.89. The minimum atomic E-state index is -5.01. The van der Waals surface area contributed by atoms with Gasteiger partial charge in [-0.05, 0) is 23.1 Å². The molecule has 0 saturated carbocycles. The molecule has 35 heavy (non-hydrogen) atoms. The molecule has 0 atom stereocenters. The molecule has 0 aliphatic carbocycles. The number of nitrogens with zero attached hydrogens (tertiary/aromatic N) is 2. The molecule has 0 unspecified atom stereocenters. The Balaban J connectivity index is 0.00000342. The van der Waals surface area contributed by atoms with Crippen LogP contribution in [-0.2, 0) is 37.3 Å². The second-order valence-electron chi connectivity index (χ2n) is 7.03. The SMILES string of the molecule is O=C([O-])c1cc2ccccc2c(N=Nc2cc(S(=O)(=O)O)c3ccccc3c2S(=O)(=O)O)c1[O-].[Mn+2]. The van der Waals surface area contributed by atoms with Gasteiger partial charge in [0.1, 0.15) is 15.5 Å². The van der Waals surface area contributed by atoms with Crippen molar-refractivity contribution >= 4 is 59.1 Å². The molecule has 0 aromatic heterocycles. The number of carbonyl (C=O) groups excluding carboxylic acids is 1.